The average molecular weight is 288 g/mol. The molecule has 2 fully saturated rings. The third kappa shape index (κ3) is 3.47. The van der Waals surface area contributed by atoms with Gasteiger partial charge in [-0.15, -0.1) is 0 Å². The summed E-state index contributed by atoms with van der Waals surface area (Å²) in [5.74, 6) is 5.77. The van der Waals surface area contributed by atoms with Crippen LogP contribution >= 0.6 is 0 Å². The van der Waals surface area contributed by atoms with Crippen molar-refractivity contribution in [3.63, 3.8) is 0 Å². The first-order valence-electron chi connectivity index (χ1n) is 8.58. The summed E-state index contributed by atoms with van der Waals surface area (Å²) >= 11 is 0. The first-order valence-corrected chi connectivity index (χ1v) is 8.58. The first kappa shape index (κ1) is 14.6. The Morgan fingerprint density at radius 1 is 1.00 bits per heavy atom. The van der Waals surface area contributed by atoms with E-state index in [4.69, 9.17) is 4.98 Å². The number of hydrogen-bond donors (Lipinski definition) is 2. The van der Waals surface area contributed by atoms with Crippen LogP contribution in [0.1, 0.15) is 50.9 Å². The van der Waals surface area contributed by atoms with E-state index in [2.05, 4.69) is 36.4 Å². The molecule has 0 bridgehead atoms. The number of aryl methyl sites for hydroxylation is 1. The lowest BCUT2D eigenvalue weighted by Gasteiger charge is -2.19. The number of aromatic nitrogens is 2. The molecule has 0 amide bonds. The second-order valence-corrected chi connectivity index (χ2v) is 6.57. The fourth-order valence-electron chi connectivity index (χ4n) is 3.21. The maximum Gasteiger partial charge on any atom is 0.134 e. The highest BCUT2D eigenvalue weighted by molar-refractivity contribution is 5.57. The molecule has 1 aromatic rings. The molecule has 2 aliphatic carbocycles. The van der Waals surface area contributed by atoms with Gasteiger partial charge < -0.3 is 10.6 Å². The van der Waals surface area contributed by atoms with E-state index in [-0.39, 0.29) is 0 Å². The average Bonchev–Trinajstić information content (AvgIpc) is 3.36. The Hall–Kier alpha value is -1.32. The molecule has 0 atom stereocenters. The number of nitrogens with zero attached hydrogens (tertiary/aromatic N) is 2. The predicted molar refractivity (Wildman–Crippen MR) is 87.7 cm³/mol. The molecular formula is C17H28N4. The number of anilines is 2. The van der Waals surface area contributed by atoms with Crippen LogP contribution in [-0.2, 0) is 6.42 Å². The van der Waals surface area contributed by atoms with Gasteiger partial charge in [0.25, 0.3) is 0 Å². The normalized spacial score (nSPS) is 18.1. The van der Waals surface area contributed by atoms with Gasteiger partial charge in [0, 0.05) is 25.1 Å². The van der Waals surface area contributed by atoms with Gasteiger partial charge in [-0.3, -0.25) is 0 Å². The molecule has 1 heterocycles. The summed E-state index contributed by atoms with van der Waals surface area (Å²) in [5.41, 5.74) is 1.15. The Balaban J connectivity index is 1.72. The Bertz CT molecular complexity index is 480. The zero-order valence-corrected chi connectivity index (χ0v) is 13.6. The second-order valence-electron chi connectivity index (χ2n) is 6.57. The van der Waals surface area contributed by atoms with E-state index in [1.165, 1.54) is 25.7 Å². The predicted octanol–water partition coefficient (Wildman–Crippen LogP) is 3.63. The summed E-state index contributed by atoms with van der Waals surface area (Å²) in [7, 11) is 0. The van der Waals surface area contributed by atoms with Crippen molar-refractivity contribution < 1.29 is 0 Å². The van der Waals surface area contributed by atoms with Crippen LogP contribution in [0.5, 0.6) is 0 Å². The van der Waals surface area contributed by atoms with Crippen LogP contribution in [0.25, 0.3) is 0 Å². The van der Waals surface area contributed by atoms with Gasteiger partial charge in [0.2, 0.25) is 0 Å². The molecule has 1 aromatic heterocycles. The molecule has 21 heavy (non-hydrogen) atoms. The Morgan fingerprint density at radius 2 is 1.57 bits per heavy atom. The first-order chi connectivity index (χ1) is 10.2. The summed E-state index contributed by atoms with van der Waals surface area (Å²) in [6, 6.07) is 0. The highest BCUT2D eigenvalue weighted by Crippen LogP contribution is 2.49. The van der Waals surface area contributed by atoms with Crippen LogP contribution in [0, 0.1) is 24.7 Å². The quantitative estimate of drug-likeness (QED) is 0.767. The Labute approximate surface area is 128 Å². The molecule has 2 saturated carbocycles. The van der Waals surface area contributed by atoms with Crippen LogP contribution in [0.3, 0.4) is 0 Å². The van der Waals surface area contributed by atoms with Crippen LogP contribution < -0.4 is 10.6 Å². The van der Waals surface area contributed by atoms with Crippen LogP contribution in [-0.4, -0.2) is 23.1 Å². The molecule has 2 aliphatic rings. The van der Waals surface area contributed by atoms with Crippen molar-refractivity contribution in [1.29, 1.82) is 0 Å². The van der Waals surface area contributed by atoms with Crippen molar-refractivity contribution in [3.05, 3.63) is 11.4 Å². The van der Waals surface area contributed by atoms with Crippen molar-refractivity contribution in [1.82, 2.24) is 9.97 Å². The van der Waals surface area contributed by atoms with Gasteiger partial charge in [-0.2, -0.15) is 0 Å². The molecule has 2 N–H and O–H groups in total. The molecule has 3 rings (SSSR count). The van der Waals surface area contributed by atoms with Gasteiger partial charge in [0.05, 0.1) is 0 Å². The standard InChI is InChI=1S/C17H28N4/c1-4-15-20-16(18-5-2)11(3)17(21-15)19-10-14(12-6-7-12)13-8-9-13/h12-14H,4-10H2,1-3H3,(H2,18,19,20,21). The lowest BCUT2D eigenvalue weighted by Crippen LogP contribution is -2.20. The summed E-state index contributed by atoms with van der Waals surface area (Å²) in [6.45, 7) is 8.32. The van der Waals surface area contributed by atoms with Gasteiger partial charge in [0.15, 0.2) is 0 Å². The van der Waals surface area contributed by atoms with Gasteiger partial charge in [-0.25, -0.2) is 9.97 Å². The topological polar surface area (TPSA) is 49.8 Å². The largest absolute Gasteiger partial charge is 0.370 e. The van der Waals surface area contributed by atoms with E-state index in [0.29, 0.717) is 0 Å². The smallest absolute Gasteiger partial charge is 0.134 e. The third-order valence-electron chi connectivity index (χ3n) is 4.81. The van der Waals surface area contributed by atoms with Crippen molar-refractivity contribution >= 4 is 11.6 Å². The van der Waals surface area contributed by atoms with E-state index in [1.54, 1.807) is 0 Å². The van der Waals surface area contributed by atoms with Crippen molar-refractivity contribution in [3.8, 4) is 0 Å². The molecule has 0 saturated heterocycles. The van der Waals surface area contributed by atoms with Crippen LogP contribution in [0.2, 0.25) is 0 Å². The van der Waals surface area contributed by atoms with Gasteiger partial charge in [-0.1, -0.05) is 6.92 Å². The highest BCUT2D eigenvalue weighted by Gasteiger charge is 2.41. The van der Waals surface area contributed by atoms with Crippen molar-refractivity contribution in [2.75, 3.05) is 23.7 Å². The third-order valence-corrected chi connectivity index (χ3v) is 4.81. The lowest BCUT2D eigenvalue weighted by atomic mass is 9.98. The lowest BCUT2D eigenvalue weighted by molar-refractivity contribution is 0.427. The minimum Gasteiger partial charge on any atom is -0.370 e. The minimum atomic E-state index is 0.868. The summed E-state index contributed by atoms with van der Waals surface area (Å²) in [6.07, 6.45) is 6.63. The summed E-state index contributed by atoms with van der Waals surface area (Å²) in [4.78, 5) is 9.30. The fourth-order valence-corrected chi connectivity index (χ4v) is 3.21. The SMILES string of the molecule is CCNc1nc(CC)nc(NCC(C2CC2)C2CC2)c1C. The number of nitrogens with one attached hydrogen (secondary N) is 2. The zero-order valence-electron chi connectivity index (χ0n) is 13.6. The Morgan fingerprint density at radius 3 is 2.05 bits per heavy atom. The monoisotopic (exact) mass is 288 g/mol. The summed E-state index contributed by atoms with van der Waals surface area (Å²) in [5, 5.41) is 7.00. The molecule has 0 radical (unpaired) electrons. The second kappa shape index (κ2) is 6.20. The van der Waals surface area contributed by atoms with Crippen LogP contribution in [0.15, 0.2) is 0 Å². The molecule has 116 valence electrons. The Kier molecular flexibility index (Phi) is 4.32. The highest BCUT2D eigenvalue weighted by atomic mass is 15.1. The molecule has 0 unspecified atom stereocenters. The molecule has 4 heteroatoms. The fraction of sp³-hybridized carbons (Fsp3) is 0.765. The molecule has 0 aromatic carbocycles. The minimum absolute atomic E-state index is 0.868. The van der Waals surface area contributed by atoms with E-state index in [9.17, 15) is 0 Å². The number of hydrogen-bond acceptors (Lipinski definition) is 4. The maximum absolute atomic E-state index is 4.70. The van der Waals surface area contributed by atoms with E-state index in [1.807, 2.05) is 0 Å². The van der Waals surface area contributed by atoms with E-state index in [0.717, 1.165) is 60.3 Å². The van der Waals surface area contributed by atoms with Crippen molar-refractivity contribution in [2.45, 2.75) is 52.9 Å². The van der Waals surface area contributed by atoms with Gasteiger partial charge in [0.1, 0.15) is 17.5 Å². The van der Waals surface area contributed by atoms with Gasteiger partial charge in [-0.05, 0) is 57.3 Å². The number of rotatable bonds is 8. The van der Waals surface area contributed by atoms with Gasteiger partial charge >= 0.3 is 0 Å². The van der Waals surface area contributed by atoms with E-state index >= 15 is 0 Å². The zero-order chi connectivity index (χ0) is 14.8. The maximum atomic E-state index is 4.70. The van der Waals surface area contributed by atoms with Crippen molar-refractivity contribution in [2.24, 2.45) is 17.8 Å². The summed E-state index contributed by atoms with van der Waals surface area (Å²) < 4.78 is 0. The molecular weight excluding hydrogens is 260 g/mol. The molecule has 4 nitrogen and oxygen atoms in total. The van der Waals surface area contributed by atoms with E-state index < -0.39 is 0 Å². The van der Waals surface area contributed by atoms with Crippen LogP contribution in [0.4, 0.5) is 11.6 Å². The molecule has 0 spiro atoms. The molecule has 0 aliphatic heterocycles.